The summed E-state index contributed by atoms with van der Waals surface area (Å²) in [6, 6.07) is 0. The van der Waals surface area contributed by atoms with Crippen LogP contribution in [0.15, 0.2) is 11.6 Å². The van der Waals surface area contributed by atoms with Crippen LogP contribution in [0.2, 0.25) is 0 Å². The van der Waals surface area contributed by atoms with Crippen LogP contribution in [-0.2, 0) is 0 Å². The molecule has 8 atom stereocenters. The minimum absolute atomic E-state index is 0.0575. The number of aliphatic hydroxyl groups excluding tert-OH is 1. The van der Waals surface area contributed by atoms with Gasteiger partial charge in [-0.1, -0.05) is 67.0 Å². The average Bonchev–Trinajstić information content (AvgIpc) is 2.66. The summed E-state index contributed by atoms with van der Waals surface area (Å²) >= 11 is 0. The summed E-state index contributed by atoms with van der Waals surface area (Å²) in [4.78, 5) is 0. The fourth-order valence-corrected chi connectivity index (χ4v) is 10.8. The Kier molecular flexibility index (Phi) is 4.66. The zero-order chi connectivity index (χ0) is 22.7. The third-order valence-corrected chi connectivity index (χ3v) is 12.7. The van der Waals surface area contributed by atoms with Crippen molar-refractivity contribution in [2.45, 2.75) is 126 Å². The Morgan fingerprint density at radius 1 is 0.710 bits per heavy atom. The van der Waals surface area contributed by atoms with E-state index in [2.05, 4.69) is 61.5 Å². The normalized spacial score (nSPS) is 55.2. The number of hydrogen-bond acceptors (Lipinski definition) is 1. The largest absolute Gasteiger partial charge is 0.393 e. The van der Waals surface area contributed by atoms with Crippen molar-refractivity contribution in [2.24, 2.45) is 50.2 Å². The van der Waals surface area contributed by atoms with Gasteiger partial charge in [-0.25, -0.2) is 0 Å². The second-order valence-electron chi connectivity index (χ2n) is 15.3. The quantitative estimate of drug-likeness (QED) is 0.387. The van der Waals surface area contributed by atoms with Crippen LogP contribution in [0.3, 0.4) is 0 Å². The minimum Gasteiger partial charge on any atom is -0.393 e. The lowest BCUT2D eigenvalue weighted by molar-refractivity contribution is -0.184. The van der Waals surface area contributed by atoms with Gasteiger partial charge in [-0.2, -0.15) is 0 Å². The van der Waals surface area contributed by atoms with E-state index >= 15 is 0 Å². The predicted molar refractivity (Wildman–Crippen MR) is 131 cm³/mol. The number of fused-ring (bicyclic) bond motifs is 7. The molecule has 4 fully saturated rings. The van der Waals surface area contributed by atoms with E-state index in [1.54, 1.807) is 0 Å². The second-order valence-corrected chi connectivity index (χ2v) is 15.3. The molecule has 1 N–H and O–H groups in total. The third kappa shape index (κ3) is 2.83. The summed E-state index contributed by atoms with van der Waals surface area (Å²) in [5.41, 5.74) is 4.07. The molecule has 1 heteroatoms. The highest BCUT2D eigenvalue weighted by molar-refractivity contribution is 5.34. The van der Waals surface area contributed by atoms with Gasteiger partial charge < -0.3 is 5.11 Å². The van der Waals surface area contributed by atoms with E-state index in [-0.39, 0.29) is 11.5 Å². The van der Waals surface area contributed by atoms with Gasteiger partial charge in [0.25, 0.3) is 0 Å². The van der Waals surface area contributed by atoms with Crippen LogP contribution in [0, 0.1) is 50.2 Å². The molecule has 0 aromatic heterocycles. The molecule has 0 unspecified atom stereocenters. The Hall–Kier alpha value is -0.300. The van der Waals surface area contributed by atoms with Crippen LogP contribution >= 0.6 is 0 Å². The van der Waals surface area contributed by atoms with E-state index in [0.717, 1.165) is 18.3 Å². The molecule has 0 radical (unpaired) electrons. The highest BCUT2D eigenvalue weighted by atomic mass is 16.3. The minimum atomic E-state index is -0.122. The SMILES string of the molecule is CC1(C)CC[C@]2(C)CC=C3[C@]4(C)CC[C@@H]5C(C)(C)[C@@H](O)CC[C@]5(C)[C@H]4CC[C@@]3(C)[C@H]2C1. The first-order valence-electron chi connectivity index (χ1n) is 13.6. The first-order chi connectivity index (χ1) is 14.2. The molecule has 0 aromatic carbocycles. The molecule has 0 aliphatic heterocycles. The maximum absolute atomic E-state index is 10.9. The van der Waals surface area contributed by atoms with Crippen molar-refractivity contribution in [3.8, 4) is 0 Å². The zero-order valence-corrected chi connectivity index (χ0v) is 21.9. The van der Waals surface area contributed by atoms with Gasteiger partial charge in [-0.3, -0.25) is 0 Å². The predicted octanol–water partition coefficient (Wildman–Crippen LogP) is 8.17. The van der Waals surface area contributed by atoms with Gasteiger partial charge in [0.15, 0.2) is 0 Å². The van der Waals surface area contributed by atoms with Crippen molar-refractivity contribution in [3.05, 3.63) is 11.6 Å². The van der Waals surface area contributed by atoms with Crippen molar-refractivity contribution in [1.82, 2.24) is 0 Å². The van der Waals surface area contributed by atoms with Crippen molar-refractivity contribution in [3.63, 3.8) is 0 Å². The molecule has 0 aromatic rings. The molecule has 0 bridgehead atoms. The van der Waals surface area contributed by atoms with Crippen LogP contribution in [-0.4, -0.2) is 11.2 Å². The number of hydrogen-bond donors (Lipinski definition) is 1. The molecule has 5 rings (SSSR count). The fraction of sp³-hybridized carbons (Fsp3) is 0.933. The number of rotatable bonds is 0. The molecule has 0 amide bonds. The van der Waals surface area contributed by atoms with E-state index in [1.165, 1.54) is 57.8 Å². The standard InChI is InChI=1S/C30H50O/c1-25(2)17-18-27(5)13-9-21-29(7)14-10-20-26(3,4)24(31)12-16-28(20,6)22(29)11-15-30(21,8)23(27)19-25/h9,20,22-24,31H,10-19H2,1-8H3/t20-,22-,23+,24+,27+,28+,29+,30-/m1/s1. The smallest absolute Gasteiger partial charge is 0.0594 e. The monoisotopic (exact) mass is 426 g/mol. The second kappa shape index (κ2) is 6.43. The van der Waals surface area contributed by atoms with E-state index in [4.69, 9.17) is 0 Å². The Balaban J connectivity index is 1.56. The summed E-state index contributed by atoms with van der Waals surface area (Å²) in [6.45, 7) is 20.4. The summed E-state index contributed by atoms with van der Waals surface area (Å²) in [6.07, 6.45) is 15.8. The Bertz CT molecular complexity index is 790. The lowest BCUT2D eigenvalue weighted by atomic mass is 9.35. The average molecular weight is 427 g/mol. The van der Waals surface area contributed by atoms with Gasteiger partial charge in [0.1, 0.15) is 0 Å². The molecule has 5 aliphatic rings. The molecule has 0 spiro atoms. The number of aliphatic hydroxyl groups is 1. The molecule has 4 saturated carbocycles. The lowest BCUT2D eigenvalue weighted by Crippen LogP contribution is -2.63. The molecular weight excluding hydrogens is 376 g/mol. The molecule has 1 nitrogen and oxygen atoms in total. The first kappa shape index (κ1) is 22.5. The van der Waals surface area contributed by atoms with Gasteiger partial charge in [0.2, 0.25) is 0 Å². The van der Waals surface area contributed by atoms with Crippen LogP contribution in [0.1, 0.15) is 120 Å². The fourth-order valence-electron chi connectivity index (χ4n) is 10.8. The van der Waals surface area contributed by atoms with Crippen LogP contribution in [0.25, 0.3) is 0 Å². The summed E-state index contributed by atoms with van der Waals surface area (Å²) in [5.74, 6) is 2.29. The summed E-state index contributed by atoms with van der Waals surface area (Å²) < 4.78 is 0. The van der Waals surface area contributed by atoms with Crippen LogP contribution in [0.5, 0.6) is 0 Å². The molecule has 31 heavy (non-hydrogen) atoms. The van der Waals surface area contributed by atoms with Gasteiger partial charge in [-0.05, 0) is 114 Å². The maximum Gasteiger partial charge on any atom is 0.0594 e. The lowest BCUT2D eigenvalue weighted by Gasteiger charge is -2.70. The highest BCUT2D eigenvalue weighted by Gasteiger charge is 2.66. The third-order valence-electron chi connectivity index (χ3n) is 12.7. The highest BCUT2D eigenvalue weighted by Crippen LogP contribution is 2.74. The number of allylic oxidation sites excluding steroid dienone is 2. The Morgan fingerprint density at radius 3 is 2.00 bits per heavy atom. The topological polar surface area (TPSA) is 20.2 Å². The van der Waals surface area contributed by atoms with E-state index < -0.39 is 0 Å². The van der Waals surface area contributed by atoms with Crippen molar-refractivity contribution in [1.29, 1.82) is 0 Å². The Morgan fingerprint density at radius 2 is 1.32 bits per heavy atom. The molecular formula is C30H50O. The maximum atomic E-state index is 10.9. The van der Waals surface area contributed by atoms with Gasteiger partial charge in [0, 0.05) is 0 Å². The van der Waals surface area contributed by atoms with E-state index in [1.807, 2.05) is 5.57 Å². The first-order valence-corrected chi connectivity index (χ1v) is 13.6. The van der Waals surface area contributed by atoms with E-state index in [0.29, 0.717) is 33.0 Å². The molecule has 176 valence electrons. The van der Waals surface area contributed by atoms with Gasteiger partial charge in [-0.15, -0.1) is 0 Å². The molecule has 5 aliphatic carbocycles. The van der Waals surface area contributed by atoms with Crippen molar-refractivity contribution in [2.75, 3.05) is 0 Å². The molecule has 0 saturated heterocycles. The molecule has 0 heterocycles. The summed E-state index contributed by atoms with van der Waals surface area (Å²) in [7, 11) is 0. The van der Waals surface area contributed by atoms with Crippen LogP contribution in [0.4, 0.5) is 0 Å². The van der Waals surface area contributed by atoms with Crippen LogP contribution < -0.4 is 0 Å². The van der Waals surface area contributed by atoms with Gasteiger partial charge in [0.05, 0.1) is 6.10 Å². The van der Waals surface area contributed by atoms with E-state index in [9.17, 15) is 5.11 Å². The summed E-state index contributed by atoms with van der Waals surface area (Å²) in [5, 5.41) is 10.9. The van der Waals surface area contributed by atoms with Gasteiger partial charge >= 0.3 is 0 Å². The van der Waals surface area contributed by atoms with Crippen molar-refractivity contribution < 1.29 is 5.11 Å². The van der Waals surface area contributed by atoms with Crippen molar-refractivity contribution >= 4 is 0 Å². The zero-order valence-electron chi connectivity index (χ0n) is 21.9. The Labute approximate surface area is 192 Å².